The lowest BCUT2D eigenvalue weighted by atomic mass is 9.74. The highest BCUT2D eigenvalue weighted by Crippen LogP contribution is 2.55. The number of fused-ring (bicyclic) bond motifs is 2. The molecule has 1 spiro atoms. The van der Waals surface area contributed by atoms with Crippen LogP contribution in [0.3, 0.4) is 0 Å². The Morgan fingerprint density at radius 1 is 1.04 bits per heavy atom. The van der Waals surface area contributed by atoms with Crippen molar-refractivity contribution in [2.45, 2.75) is 50.0 Å². The van der Waals surface area contributed by atoms with E-state index in [1.165, 1.54) is 9.80 Å². The number of amides is 3. The second-order valence-electron chi connectivity index (χ2n) is 11.8. The molecule has 6 rings (SSSR count). The Morgan fingerprint density at radius 3 is 2.60 bits per heavy atom. The van der Waals surface area contributed by atoms with Gasteiger partial charge in [0.05, 0.1) is 34.7 Å². The van der Waals surface area contributed by atoms with Crippen molar-refractivity contribution in [3.63, 3.8) is 0 Å². The molecule has 0 unspecified atom stereocenters. The molecule has 0 aliphatic carbocycles. The van der Waals surface area contributed by atoms with Crippen LogP contribution in [0.1, 0.15) is 36.4 Å². The van der Waals surface area contributed by atoms with Gasteiger partial charge < -0.3 is 29.7 Å². The zero-order valence-electron chi connectivity index (χ0n) is 24.9. The largest absolute Gasteiger partial charge is 0.463 e. The summed E-state index contributed by atoms with van der Waals surface area (Å²) >= 11 is 6.68. The molecule has 4 aliphatic heterocycles. The maximum absolute atomic E-state index is 14.8. The summed E-state index contributed by atoms with van der Waals surface area (Å²) in [6.07, 6.45) is 7.10. The standard InChI is InChI=1S/C34H36ClN3O7/c1-21-10-8-13-23(35)29(21)37-17-7-3-6-14-26(40)44-20-24(22-11-4-2-5-12-22)36-31(41)27-25-15-16-34(45-25)28(27)32(42)38(18-9-19-39)30(34)33(37)43/h2-5,7-8,10-13,15-16,24-25,27-28,30,39H,6,9,14,17-20H2,1H3,(H,36,41)/b7-3-/t24-,25-,27+,28+,30-,34+/m0/s1. The van der Waals surface area contributed by atoms with Gasteiger partial charge in [-0.3, -0.25) is 19.2 Å². The molecule has 45 heavy (non-hydrogen) atoms. The van der Waals surface area contributed by atoms with Gasteiger partial charge in [0.15, 0.2) is 0 Å². The summed E-state index contributed by atoms with van der Waals surface area (Å²) in [5, 5.41) is 13.1. The van der Waals surface area contributed by atoms with Crippen molar-refractivity contribution in [2.24, 2.45) is 11.8 Å². The smallest absolute Gasteiger partial charge is 0.306 e. The number of anilines is 1. The Hall–Kier alpha value is -3.99. The Kier molecular flexibility index (Phi) is 8.81. The topological polar surface area (TPSA) is 125 Å². The first kappa shape index (κ1) is 31.0. The number of allylic oxidation sites excluding steroid dienone is 1. The van der Waals surface area contributed by atoms with E-state index in [1.54, 1.807) is 36.4 Å². The molecule has 2 aromatic rings. The Labute approximate surface area is 266 Å². The van der Waals surface area contributed by atoms with Gasteiger partial charge in [-0.2, -0.15) is 0 Å². The fraction of sp³-hybridized carbons (Fsp3) is 0.412. The molecule has 0 radical (unpaired) electrons. The molecule has 6 atom stereocenters. The minimum absolute atomic E-state index is 0.0839. The van der Waals surface area contributed by atoms with Crippen LogP contribution in [0.4, 0.5) is 5.69 Å². The van der Waals surface area contributed by atoms with Gasteiger partial charge in [0.25, 0.3) is 5.91 Å². The molecule has 0 saturated carbocycles. The SMILES string of the molecule is Cc1cccc(Cl)c1N1C/C=C\CCC(=O)OC[C@@H](c2ccccc2)NC(=O)[C@@H]2[C@@H]3C=C[C@]4(O3)[C@H](C1=O)N(CCCO)C(=O)[C@@H]24. The van der Waals surface area contributed by atoms with E-state index >= 15 is 0 Å². The molecule has 2 fully saturated rings. The maximum atomic E-state index is 14.8. The van der Waals surface area contributed by atoms with Crippen LogP contribution >= 0.6 is 11.6 Å². The summed E-state index contributed by atoms with van der Waals surface area (Å²) in [6, 6.07) is 12.8. The minimum Gasteiger partial charge on any atom is -0.463 e. The number of aryl methyl sites for hydroxylation is 1. The number of rotatable bonds is 5. The highest BCUT2D eigenvalue weighted by atomic mass is 35.5. The number of aliphatic hydroxyl groups excluding tert-OH is 1. The van der Waals surface area contributed by atoms with E-state index in [4.69, 9.17) is 21.1 Å². The van der Waals surface area contributed by atoms with E-state index in [0.29, 0.717) is 17.1 Å². The third-order valence-corrected chi connectivity index (χ3v) is 9.40. The first-order chi connectivity index (χ1) is 21.8. The third kappa shape index (κ3) is 5.55. The van der Waals surface area contributed by atoms with E-state index in [-0.39, 0.29) is 45.1 Å². The second kappa shape index (κ2) is 12.8. The van der Waals surface area contributed by atoms with E-state index < -0.39 is 53.4 Å². The third-order valence-electron chi connectivity index (χ3n) is 9.09. The number of para-hydroxylation sites is 1. The van der Waals surface area contributed by atoms with Crippen LogP contribution in [0, 0.1) is 18.8 Å². The fourth-order valence-corrected chi connectivity index (χ4v) is 7.38. The monoisotopic (exact) mass is 633 g/mol. The number of nitrogens with one attached hydrogen (secondary N) is 1. The number of cyclic esters (lactones) is 1. The summed E-state index contributed by atoms with van der Waals surface area (Å²) < 4.78 is 12.1. The molecule has 2 aromatic carbocycles. The van der Waals surface area contributed by atoms with Crippen LogP contribution in [-0.4, -0.2) is 77.7 Å². The molecule has 4 aliphatic rings. The van der Waals surface area contributed by atoms with Crippen LogP contribution in [0.15, 0.2) is 72.8 Å². The molecular weight excluding hydrogens is 598 g/mol. The molecule has 3 amide bonds. The number of carbonyl (C=O) groups is 4. The number of benzene rings is 2. The fourth-order valence-electron chi connectivity index (χ4n) is 7.05. The van der Waals surface area contributed by atoms with Gasteiger partial charge in [-0.1, -0.05) is 78.4 Å². The van der Waals surface area contributed by atoms with Crippen molar-refractivity contribution in [3.05, 3.63) is 89.0 Å². The van der Waals surface area contributed by atoms with Gasteiger partial charge in [0.1, 0.15) is 18.2 Å². The molecule has 5 bridgehead atoms. The molecule has 2 saturated heterocycles. The normalized spacial score (nSPS) is 30.8. The van der Waals surface area contributed by atoms with Gasteiger partial charge in [0.2, 0.25) is 11.8 Å². The van der Waals surface area contributed by atoms with Crippen LogP contribution in [0.25, 0.3) is 0 Å². The van der Waals surface area contributed by atoms with Crippen LogP contribution in [0.2, 0.25) is 5.02 Å². The lowest BCUT2D eigenvalue weighted by Crippen LogP contribution is -2.56. The van der Waals surface area contributed by atoms with E-state index in [9.17, 15) is 24.3 Å². The second-order valence-corrected chi connectivity index (χ2v) is 12.2. The summed E-state index contributed by atoms with van der Waals surface area (Å²) in [7, 11) is 0. The molecule has 236 valence electrons. The van der Waals surface area contributed by atoms with E-state index in [0.717, 1.165) is 11.1 Å². The Morgan fingerprint density at radius 2 is 1.84 bits per heavy atom. The van der Waals surface area contributed by atoms with Gasteiger partial charge in [-0.25, -0.2) is 0 Å². The number of aliphatic hydroxyl groups is 1. The van der Waals surface area contributed by atoms with Crippen molar-refractivity contribution < 1.29 is 33.8 Å². The van der Waals surface area contributed by atoms with Crippen molar-refractivity contribution in [2.75, 3.05) is 31.2 Å². The highest BCUT2D eigenvalue weighted by molar-refractivity contribution is 6.34. The van der Waals surface area contributed by atoms with Crippen molar-refractivity contribution in [3.8, 4) is 0 Å². The first-order valence-corrected chi connectivity index (χ1v) is 15.7. The summed E-state index contributed by atoms with van der Waals surface area (Å²) in [4.78, 5) is 58.8. The number of esters is 1. The number of likely N-dealkylation sites (tertiary alicyclic amines) is 1. The number of hydrogen-bond acceptors (Lipinski definition) is 7. The number of nitrogens with zero attached hydrogens (tertiary/aromatic N) is 2. The van der Waals surface area contributed by atoms with Gasteiger partial charge in [-0.15, -0.1) is 0 Å². The van der Waals surface area contributed by atoms with Crippen molar-refractivity contribution >= 4 is 41.0 Å². The maximum Gasteiger partial charge on any atom is 0.306 e. The molecule has 11 heteroatoms. The van der Waals surface area contributed by atoms with Crippen LogP contribution in [-0.2, 0) is 28.7 Å². The zero-order valence-corrected chi connectivity index (χ0v) is 25.7. The number of hydrogen-bond donors (Lipinski definition) is 2. The van der Waals surface area contributed by atoms with Crippen molar-refractivity contribution in [1.82, 2.24) is 10.2 Å². The van der Waals surface area contributed by atoms with Crippen LogP contribution < -0.4 is 10.2 Å². The Balaban J connectivity index is 1.44. The summed E-state index contributed by atoms with van der Waals surface area (Å²) in [6.45, 7) is 1.81. The van der Waals surface area contributed by atoms with Crippen molar-refractivity contribution in [1.29, 1.82) is 0 Å². The van der Waals surface area contributed by atoms with Gasteiger partial charge in [0, 0.05) is 26.1 Å². The van der Waals surface area contributed by atoms with E-state index in [1.807, 2.05) is 43.3 Å². The van der Waals surface area contributed by atoms with Gasteiger partial charge >= 0.3 is 5.97 Å². The predicted molar refractivity (Wildman–Crippen MR) is 166 cm³/mol. The average molecular weight is 634 g/mol. The van der Waals surface area contributed by atoms with Gasteiger partial charge in [-0.05, 0) is 37.0 Å². The molecule has 10 nitrogen and oxygen atoms in total. The zero-order chi connectivity index (χ0) is 31.7. The Bertz CT molecular complexity index is 1530. The highest BCUT2D eigenvalue weighted by Gasteiger charge is 2.73. The minimum atomic E-state index is -1.39. The lowest BCUT2D eigenvalue weighted by Gasteiger charge is -2.36. The molecule has 2 N–H and O–H groups in total. The number of carbonyl (C=O) groups excluding carboxylic acids is 4. The number of halogens is 1. The van der Waals surface area contributed by atoms with E-state index in [2.05, 4.69) is 5.32 Å². The quantitative estimate of drug-likeness (QED) is 0.382. The predicted octanol–water partition coefficient (Wildman–Crippen LogP) is 3.27. The van der Waals surface area contributed by atoms with Crippen LogP contribution in [0.5, 0.6) is 0 Å². The number of ether oxygens (including phenoxy) is 2. The summed E-state index contributed by atoms with van der Waals surface area (Å²) in [5.41, 5.74) is 0.607. The molecular formula is C34H36ClN3O7. The molecule has 4 heterocycles. The summed E-state index contributed by atoms with van der Waals surface area (Å²) in [5.74, 6) is -3.56. The molecule has 0 aromatic heterocycles. The first-order valence-electron chi connectivity index (χ1n) is 15.3. The lowest BCUT2D eigenvalue weighted by molar-refractivity contribution is -0.145. The average Bonchev–Trinajstić information content (AvgIpc) is 3.67.